The maximum Gasteiger partial charge on any atom is 0.333 e. The minimum Gasteiger partial charge on any atom is -0.466 e. The Kier molecular flexibility index (Phi) is 9.48. The van der Waals surface area contributed by atoms with Crippen molar-refractivity contribution in [3.63, 3.8) is 0 Å². The summed E-state index contributed by atoms with van der Waals surface area (Å²) in [6.07, 6.45) is 18.5. The number of carbonyl (C=O) groups excluding carboxylic acids is 1. The van der Waals surface area contributed by atoms with Gasteiger partial charge in [-0.3, -0.25) is 0 Å². The van der Waals surface area contributed by atoms with Crippen molar-refractivity contribution >= 4 is 5.97 Å². The van der Waals surface area contributed by atoms with Crippen molar-refractivity contribution in [2.75, 3.05) is 7.11 Å². The molecule has 0 spiro atoms. The second kappa shape index (κ2) is 11.1. The molecule has 0 amide bonds. The zero-order valence-corrected chi connectivity index (χ0v) is 12.6. The van der Waals surface area contributed by atoms with Gasteiger partial charge in [-0.05, 0) is 25.7 Å². The summed E-state index contributed by atoms with van der Waals surface area (Å²) in [5.41, 5.74) is 0.900. The van der Waals surface area contributed by atoms with Crippen LogP contribution < -0.4 is 0 Å². The summed E-state index contributed by atoms with van der Waals surface area (Å²) < 4.78 is 4.87. The molecule has 0 aliphatic heterocycles. The fourth-order valence-electron chi connectivity index (χ4n) is 2.75. The third-order valence-electron chi connectivity index (χ3n) is 3.99. The molecule has 0 fully saturated rings. The third kappa shape index (κ3) is 8.07. The molecular formula is C17H30O2. The summed E-state index contributed by atoms with van der Waals surface area (Å²) in [5.74, 6) is -0.121. The van der Waals surface area contributed by atoms with Crippen LogP contribution in [0.15, 0.2) is 11.6 Å². The molecule has 0 saturated carbocycles. The van der Waals surface area contributed by atoms with E-state index in [1.807, 2.05) is 0 Å². The molecule has 0 bridgehead atoms. The Morgan fingerprint density at radius 2 is 1.32 bits per heavy atom. The highest BCUT2D eigenvalue weighted by atomic mass is 16.5. The lowest BCUT2D eigenvalue weighted by molar-refractivity contribution is -0.136. The van der Waals surface area contributed by atoms with E-state index in [1.54, 1.807) is 0 Å². The molecule has 0 N–H and O–H groups in total. The Hall–Kier alpha value is -0.790. The quantitative estimate of drug-likeness (QED) is 0.612. The number of hydrogen-bond acceptors (Lipinski definition) is 2. The van der Waals surface area contributed by atoms with Crippen LogP contribution in [0.4, 0.5) is 0 Å². The minimum atomic E-state index is -0.121. The summed E-state index contributed by atoms with van der Waals surface area (Å²) in [7, 11) is 1.48. The maximum atomic E-state index is 11.7. The highest BCUT2D eigenvalue weighted by Gasteiger charge is 2.08. The van der Waals surface area contributed by atoms with E-state index in [1.165, 1.54) is 71.3 Å². The van der Waals surface area contributed by atoms with E-state index in [4.69, 9.17) is 4.74 Å². The molecule has 0 aromatic rings. The Morgan fingerprint density at radius 1 is 0.842 bits per heavy atom. The zero-order valence-electron chi connectivity index (χ0n) is 12.6. The van der Waals surface area contributed by atoms with E-state index in [0.717, 1.165) is 24.8 Å². The van der Waals surface area contributed by atoms with Crippen LogP contribution in [-0.2, 0) is 9.53 Å². The Labute approximate surface area is 118 Å². The Bertz CT molecular complexity index is 268. The summed E-state index contributed by atoms with van der Waals surface area (Å²) in [4.78, 5) is 11.7. The largest absolute Gasteiger partial charge is 0.466 e. The molecule has 2 nitrogen and oxygen atoms in total. The number of ether oxygens (including phenoxy) is 1. The average Bonchev–Trinajstić information content (AvgIpc) is 2.44. The standard InChI is InChI=1S/C17H30O2/c1-19-17(18)16-14-12-10-8-6-4-2-3-5-7-9-11-13-15-16/h14H,2-13,15H2,1H3/b16-14+. The number of carbonyl (C=O) groups is 1. The van der Waals surface area contributed by atoms with E-state index < -0.39 is 0 Å². The van der Waals surface area contributed by atoms with Gasteiger partial charge in [0.2, 0.25) is 0 Å². The van der Waals surface area contributed by atoms with Gasteiger partial charge < -0.3 is 4.74 Å². The summed E-state index contributed by atoms with van der Waals surface area (Å²) >= 11 is 0. The summed E-state index contributed by atoms with van der Waals surface area (Å²) in [5, 5.41) is 0. The molecule has 2 heteroatoms. The van der Waals surface area contributed by atoms with Gasteiger partial charge in [-0.2, -0.15) is 0 Å². The van der Waals surface area contributed by atoms with Crippen LogP contribution >= 0.6 is 0 Å². The van der Waals surface area contributed by atoms with Crippen LogP contribution in [0.1, 0.15) is 83.5 Å². The van der Waals surface area contributed by atoms with E-state index >= 15 is 0 Å². The second-order valence-electron chi connectivity index (χ2n) is 5.65. The van der Waals surface area contributed by atoms with E-state index in [0.29, 0.717) is 0 Å². The zero-order chi connectivity index (χ0) is 13.8. The summed E-state index contributed by atoms with van der Waals surface area (Å²) in [6, 6.07) is 0. The van der Waals surface area contributed by atoms with Gasteiger partial charge in [-0.1, -0.05) is 63.9 Å². The molecule has 0 aromatic heterocycles. The number of esters is 1. The minimum absolute atomic E-state index is 0.121. The first kappa shape index (κ1) is 16.3. The van der Waals surface area contributed by atoms with Gasteiger partial charge in [-0.25, -0.2) is 4.79 Å². The van der Waals surface area contributed by atoms with Crippen molar-refractivity contribution in [3.8, 4) is 0 Å². The molecule has 0 unspecified atom stereocenters. The van der Waals surface area contributed by atoms with Crippen LogP contribution in [0.3, 0.4) is 0 Å². The van der Waals surface area contributed by atoms with Gasteiger partial charge in [0.1, 0.15) is 0 Å². The average molecular weight is 266 g/mol. The monoisotopic (exact) mass is 266 g/mol. The first-order valence-corrected chi connectivity index (χ1v) is 8.12. The SMILES string of the molecule is COC(=O)/C1=C/CCCCCCCCCCCCC1. The fraction of sp³-hybridized carbons (Fsp3) is 0.824. The van der Waals surface area contributed by atoms with Crippen molar-refractivity contribution in [2.45, 2.75) is 83.5 Å². The van der Waals surface area contributed by atoms with Crippen LogP contribution in [0.5, 0.6) is 0 Å². The predicted molar refractivity (Wildman–Crippen MR) is 80.1 cm³/mol. The highest BCUT2D eigenvalue weighted by Crippen LogP contribution is 2.17. The normalized spacial score (nSPS) is 23.5. The molecule has 19 heavy (non-hydrogen) atoms. The van der Waals surface area contributed by atoms with Gasteiger partial charge in [-0.15, -0.1) is 0 Å². The number of methoxy groups -OCH3 is 1. The van der Waals surface area contributed by atoms with Crippen molar-refractivity contribution in [1.29, 1.82) is 0 Å². The van der Waals surface area contributed by atoms with E-state index in [9.17, 15) is 4.79 Å². The Balaban J connectivity index is 2.41. The van der Waals surface area contributed by atoms with Gasteiger partial charge in [0.15, 0.2) is 0 Å². The van der Waals surface area contributed by atoms with Crippen molar-refractivity contribution in [3.05, 3.63) is 11.6 Å². The van der Waals surface area contributed by atoms with Crippen LogP contribution in [0.2, 0.25) is 0 Å². The molecule has 110 valence electrons. The van der Waals surface area contributed by atoms with Gasteiger partial charge in [0.05, 0.1) is 7.11 Å². The molecule has 0 saturated heterocycles. The fourth-order valence-corrected chi connectivity index (χ4v) is 2.75. The number of allylic oxidation sites excluding steroid dienone is 1. The molecule has 0 heterocycles. The van der Waals surface area contributed by atoms with E-state index in [2.05, 4.69) is 6.08 Å². The molecular weight excluding hydrogens is 236 g/mol. The van der Waals surface area contributed by atoms with E-state index in [-0.39, 0.29) is 5.97 Å². The summed E-state index contributed by atoms with van der Waals surface area (Å²) in [6.45, 7) is 0. The smallest absolute Gasteiger partial charge is 0.333 e. The molecule has 1 aliphatic carbocycles. The molecule has 0 radical (unpaired) electrons. The molecule has 0 aromatic carbocycles. The number of rotatable bonds is 1. The van der Waals surface area contributed by atoms with Gasteiger partial charge in [0, 0.05) is 5.57 Å². The molecule has 1 rings (SSSR count). The van der Waals surface area contributed by atoms with Gasteiger partial charge in [0.25, 0.3) is 0 Å². The highest BCUT2D eigenvalue weighted by molar-refractivity contribution is 5.88. The lowest BCUT2D eigenvalue weighted by Gasteiger charge is -2.06. The molecule has 0 atom stereocenters. The second-order valence-corrected chi connectivity index (χ2v) is 5.65. The van der Waals surface area contributed by atoms with Crippen LogP contribution in [-0.4, -0.2) is 13.1 Å². The first-order chi connectivity index (χ1) is 9.34. The Morgan fingerprint density at radius 3 is 1.84 bits per heavy atom. The topological polar surface area (TPSA) is 26.3 Å². The molecule has 1 aliphatic rings. The maximum absolute atomic E-state index is 11.7. The van der Waals surface area contributed by atoms with Crippen LogP contribution in [0.25, 0.3) is 0 Å². The van der Waals surface area contributed by atoms with Crippen molar-refractivity contribution in [2.24, 2.45) is 0 Å². The van der Waals surface area contributed by atoms with Gasteiger partial charge >= 0.3 is 5.97 Å². The predicted octanol–water partition coefficient (Wildman–Crippen LogP) is 5.17. The van der Waals surface area contributed by atoms with Crippen molar-refractivity contribution in [1.82, 2.24) is 0 Å². The van der Waals surface area contributed by atoms with Crippen molar-refractivity contribution < 1.29 is 9.53 Å². The lowest BCUT2D eigenvalue weighted by atomic mass is 10.0. The lowest BCUT2D eigenvalue weighted by Crippen LogP contribution is -2.05. The van der Waals surface area contributed by atoms with Crippen LogP contribution in [0, 0.1) is 0 Å². The number of hydrogen-bond donors (Lipinski definition) is 0. The third-order valence-corrected chi connectivity index (χ3v) is 3.99. The first-order valence-electron chi connectivity index (χ1n) is 8.12.